The number of benzene rings is 1. The highest BCUT2D eigenvalue weighted by atomic mass is 16.5. The number of para-hydroxylation sites is 1. The molecule has 0 atom stereocenters. The number of amides is 2. The third kappa shape index (κ3) is 2.80. The Labute approximate surface area is 106 Å². The van der Waals surface area contributed by atoms with Gasteiger partial charge in [0.2, 0.25) is 0 Å². The zero-order chi connectivity index (χ0) is 13.0. The van der Waals surface area contributed by atoms with Crippen LogP contribution < -0.4 is 10.5 Å². The van der Waals surface area contributed by atoms with E-state index in [0.717, 1.165) is 25.9 Å². The maximum Gasteiger partial charge on any atom is 0.260 e. The lowest BCUT2D eigenvalue weighted by atomic mass is 10.2. The number of ether oxygens (including phenoxy) is 1. The highest BCUT2D eigenvalue weighted by Crippen LogP contribution is 2.17. The largest absolute Gasteiger partial charge is 0.483 e. The fraction of sp³-hybridized carbons (Fsp3) is 0.385. The van der Waals surface area contributed by atoms with Crippen LogP contribution in [0.15, 0.2) is 24.3 Å². The van der Waals surface area contributed by atoms with Crippen molar-refractivity contribution in [1.29, 1.82) is 0 Å². The van der Waals surface area contributed by atoms with Gasteiger partial charge in [-0.25, -0.2) is 0 Å². The molecule has 0 saturated carbocycles. The second-order valence-electron chi connectivity index (χ2n) is 4.24. The molecule has 0 unspecified atom stereocenters. The van der Waals surface area contributed by atoms with Crippen LogP contribution in [0.25, 0.3) is 0 Å². The Kier molecular flexibility index (Phi) is 3.82. The fourth-order valence-electron chi connectivity index (χ4n) is 1.99. The van der Waals surface area contributed by atoms with E-state index in [1.807, 2.05) is 0 Å². The predicted octanol–water partition coefficient (Wildman–Crippen LogP) is 0.787. The van der Waals surface area contributed by atoms with Crippen molar-refractivity contribution in [3.63, 3.8) is 0 Å². The number of carbonyl (C=O) groups excluding carboxylic acids is 2. The molecular weight excluding hydrogens is 232 g/mol. The predicted molar refractivity (Wildman–Crippen MR) is 66.3 cm³/mol. The third-order valence-electron chi connectivity index (χ3n) is 2.96. The Balaban J connectivity index is 1.97. The normalized spacial score (nSPS) is 14.6. The van der Waals surface area contributed by atoms with Crippen molar-refractivity contribution >= 4 is 11.8 Å². The Morgan fingerprint density at radius 3 is 2.56 bits per heavy atom. The number of hydrogen-bond donors (Lipinski definition) is 1. The first kappa shape index (κ1) is 12.4. The monoisotopic (exact) mass is 248 g/mol. The Morgan fingerprint density at radius 2 is 1.89 bits per heavy atom. The second kappa shape index (κ2) is 5.53. The minimum absolute atomic E-state index is 0.0493. The lowest BCUT2D eigenvalue weighted by molar-refractivity contribution is -0.132. The van der Waals surface area contributed by atoms with Crippen LogP contribution in [-0.4, -0.2) is 36.4 Å². The van der Waals surface area contributed by atoms with Gasteiger partial charge in [-0.3, -0.25) is 9.59 Å². The molecule has 0 bridgehead atoms. The van der Waals surface area contributed by atoms with Crippen molar-refractivity contribution in [2.24, 2.45) is 5.73 Å². The SMILES string of the molecule is NC(=O)c1ccccc1OCC(=O)N1CCCC1. The molecule has 1 aliphatic heterocycles. The summed E-state index contributed by atoms with van der Waals surface area (Å²) in [5.74, 6) is -0.247. The smallest absolute Gasteiger partial charge is 0.260 e. The first-order chi connectivity index (χ1) is 8.68. The van der Waals surface area contributed by atoms with Crippen molar-refractivity contribution in [3.8, 4) is 5.75 Å². The highest BCUT2D eigenvalue weighted by molar-refractivity contribution is 5.95. The average Bonchev–Trinajstić information content (AvgIpc) is 2.90. The molecule has 1 heterocycles. The first-order valence-corrected chi connectivity index (χ1v) is 5.98. The summed E-state index contributed by atoms with van der Waals surface area (Å²) >= 11 is 0. The van der Waals surface area contributed by atoms with Crippen molar-refractivity contribution in [2.45, 2.75) is 12.8 Å². The molecule has 2 N–H and O–H groups in total. The number of likely N-dealkylation sites (tertiary alicyclic amines) is 1. The standard InChI is InChI=1S/C13H16N2O3/c14-13(17)10-5-1-2-6-11(10)18-9-12(16)15-7-3-4-8-15/h1-2,5-6H,3-4,7-9H2,(H2,14,17). The first-order valence-electron chi connectivity index (χ1n) is 5.98. The van der Waals surface area contributed by atoms with Crippen LogP contribution in [0.4, 0.5) is 0 Å². The maximum absolute atomic E-state index is 11.8. The van der Waals surface area contributed by atoms with Gasteiger partial charge >= 0.3 is 0 Å². The van der Waals surface area contributed by atoms with Gasteiger partial charge in [-0.15, -0.1) is 0 Å². The molecule has 2 amide bonds. The van der Waals surface area contributed by atoms with E-state index in [4.69, 9.17) is 10.5 Å². The highest BCUT2D eigenvalue weighted by Gasteiger charge is 2.18. The van der Waals surface area contributed by atoms with Gasteiger partial charge < -0.3 is 15.4 Å². The molecule has 1 aromatic carbocycles. The van der Waals surface area contributed by atoms with Gasteiger partial charge in [0.05, 0.1) is 5.56 Å². The molecule has 1 fully saturated rings. The number of nitrogens with two attached hydrogens (primary N) is 1. The summed E-state index contributed by atoms with van der Waals surface area (Å²) in [7, 11) is 0. The van der Waals surface area contributed by atoms with Crippen molar-refractivity contribution in [1.82, 2.24) is 4.90 Å². The number of hydrogen-bond acceptors (Lipinski definition) is 3. The molecule has 5 heteroatoms. The Bertz CT molecular complexity index is 453. The van der Waals surface area contributed by atoms with Crippen LogP contribution in [0.5, 0.6) is 5.75 Å². The molecule has 2 rings (SSSR count). The van der Waals surface area contributed by atoms with Gasteiger partial charge in [-0.1, -0.05) is 12.1 Å². The Morgan fingerprint density at radius 1 is 1.22 bits per heavy atom. The van der Waals surface area contributed by atoms with Crippen LogP contribution in [-0.2, 0) is 4.79 Å². The molecule has 1 saturated heterocycles. The van der Waals surface area contributed by atoms with Crippen LogP contribution >= 0.6 is 0 Å². The second-order valence-corrected chi connectivity index (χ2v) is 4.24. The van der Waals surface area contributed by atoms with Gasteiger partial charge in [0.1, 0.15) is 5.75 Å². The summed E-state index contributed by atoms with van der Waals surface area (Å²) in [6.45, 7) is 1.53. The van der Waals surface area contributed by atoms with E-state index in [9.17, 15) is 9.59 Å². The zero-order valence-electron chi connectivity index (χ0n) is 10.1. The minimum atomic E-state index is -0.556. The van der Waals surface area contributed by atoms with E-state index in [-0.39, 0.29) is 12.5 Å². The van der Waals surface area contributed by atoms with E-state index >= 15 is 0 Å². The zero-order valence-corrected chi connectivity index (χ0v) is 10.1. The minimum Gasteiger partial charge on any atom is -0.483 e. The van der Waals surface area contributed by atoms with E-state index in [1.165, 1.54) is 0 Å². The molecule has 1 aromatic rings. The van der Waals surface area contributed by atoms with Gasteiger partial charge in [-0.2, -0.15) is 0 Å². The molecule has 0 radical (unpaired) electrons. The van der Waals surface area contributed by atoms with Gasteiger partial charge in [0.25, 0.3) is 11.8 Å². The van der Waals surface area contributed by atoms with Gasteiger partial charge in [-0.05, 0) is 25.0 Å². The molecule has 18 heavy (non-hydrogen) atoms. The summed E-state index contributed by atoms with van der Waals surface area (Å²) < 4.78 is 5.38. The van der Waals surface area contributed by atoms with Crippen LogP contribution in [0.1, 0.15) is 23.2 Å². The number of carbonyl (C=O) groups is 2. The summed E-state index contributed by atoms with van der Waals surface area (Å²) in [6.07, 6.45) is 2.09. The molecular formula is C13H16N2O3. The maximum atomic E-state index is 11.8. The number of rotatable bonds is 4. The van der Waals surface area contributed by atoms with Gasteiger partial charge in [0.15, 0.2) is 6.61 Å². The number of nitrogens with zero attached hydrogens (tertiary/aromatic N) is 1. The molecule has 5 nitrogen and oxygen atoms in total. The molecule has 0 spiro atoms. The van der Waals surface area contributed by atoms with Crippen molar-refractivity contribution < 1.29 is 14.3 Å². The van der Waals surface area contributed by atoms with E-state index in [0.29, 0.717) is 11.3 Å². The Hall–Kier alpha value is -2.04. The van der Waals surface area contributed by atoms with Crippen molar-refractivity contribution in [3.05, 3.63) is 29.8 Å². The molecule has 0 aromatic heterocycles. The topological polar surface area (TPSA) is 72.6 Å². The van der Waals surface area contributed by atoms with Crippen LogP contribution in [0.3, 0.4) is 0 Å². The lowest BCUT2D eigenvalue weighted by Gasteiger charge is -2.16. The summed E-state index contributed by atoms with van der Waals surface area (Å²) in [6, 6.07) is 6.66. The van der Waals surface area contributed by atoms with Crippen molar-refractivity contribution in [2.75, 3.05) is 19.7 Å². The van der Waals surface area contributed by atoms with E-state index in [2.05, 4.69) is 0 Å². The molecule has 1 aliphatic rings. The summed E-state index contributed by atoms with van der Waals surface area (Å²) in [5, 5.41) is 0. The molecule has 96 valence electrons. The van der Waals surface area contributed by atoms with Gasteiger partial charge in [0, 0.05) is 13.1 Å². The third-order valence-corrected chi connectivity index (χ3v) is 2.96. The lowest BCUT2D eigenvalue weighted by Crippen LogP contribution is -2.32. The quantitative estimate of drug-likeness (QED) is 0.856. The average molecular weight is 248 g/mol. The fourth-order valence-corrected chi connectivity index (χ4v) is 1.99. The van der Waals surface area contributed by atoms with E-state index in [1.54, 1.807) is 29.2 Å². The molecule has 0 aliphatic carbocycles. The van der Waals surface area contributed by atoms with E-state index < -0.39 is 5.91 Å². The number of primary amides is 1. The summed E-state index contributed by atoms with van der Waals surface area (Å²) in [5.41, 5.74) is 5.53. The van der Waals surface area contributed by atoms with Crippen LogP contribution in [0.2, 0.25) is 0 Å². The summed E-state index contributed by atoms with van der Waals surface area (Å²) in [4.78, 5) is 24.7. The van der Waals surface area contributed by atoms with Crippen LogP contribution in [0, 0.1) is 0 Å².